The Bertz CT molecular complexity index is 945. The summed E-state index contributed by atoms with van der Waals surface area (Å²) in [6.45, 7) is 4.13. The van der Waals surface area contributed by atoms with Crippen molar-refractivity contribution in [2.45, 2.75) is 50.0 Å². The minimum atomic E-state index is -0.583. The molecule has 28 heavy (non-hydrogen) atoms. The van der Waals surface area contributed by atoms with Crippen molar-refractivity contribution in [3.05, 3.63) is 37.6 Å². The van der Waals surface area contributed by atoms with Crippen LogP contribution in [0.15, 0.2) is 26.6 Å². The van der Waals surface area contributed by atoms with Gasteiger partial charge in [0, 0.05) is 5.54 Å². The van der Waals surface area contributed by atoms with Crippen molar-refractivity contribution < 1.29 is 5.11 Å². The van der Waals surface area contributed by atoms with Crippen molar-refractivity contribution in [2.75, 3.05) is 24.7 Å². The zero-order chi connectivity index (χ0) is 20.6. The lowest BCUT2D eigenvalue weighted by Gasteiger charge is -2.34. The summed E-state index contributed by atoms with van der Waals surface area (Å²) in [5.74, 6) is 0.400. The number of anilines is 3. The summed E-state index contributed by atoms with van der Waals surface area (Å²) in [7, 11) is 3.68. The predicted molar refractivity (Wildman–Crippen MR) is 117 cm³/mol. The third-order valence-electron chi connectivity index (χ3n) is 5.35. The summed E-state index contributed by atoms with van der Waals surface area (Å²) in [4.78, 5) is 24.9. The molecule has 3 N–H and O–H groups in total. The fourth-order valence-corrected chi connectivity index (χ4v) is 4.73. The first-order valence-electron chi connectivity index (χ1n) is 9.37. The normalized spacial score (nSPS) is 15.5. The van der Waals surface area contributed by atoms with Gasteiger partial charge in [0.1, 0.15) is 11.4 Å². The topological polar surface area (TPSA) is 81.7 Å². The maximum atomic E-state index is 12.2. The summed E-state index contributed by atoms with van der Waals surface area (Å²) >= 11 is 7.46. The maximum absolute atomic E-state index is 12.2. The molecule has 0 bridgehead atoms. The van der Waals surface area contributed by atoms with Crippen LogP contribution in [0.2, 0.25) is 5.02 Å². The first-order valence-corrected chi connectivity index (χ1v) is 10.5. The first-order chi connectivity index (χ1) is 13.1. The van der Waals surface area contributed by atoms with Gasteiger partial charge in [-0.1, -0.05) is 24.4 Å². The minimum absolute atomic E-state index is 0.0553. The van der Waals surface area contributed by atoms with Gasteiger partial charge >= 0.3 is 0 Å². The Kier molecular flexibility index (Phi) is 5.98. The second-order valence-electron chi connectivity index (χ2n) is 8.04. The van der Waals surface area contributed by atoms with E-state index >= 15 is 0 Å². The SMILES string of the molecule is CN(C)Sc1c(Cl)ccc(Nc2c(NC(C)(C)C3CCCC3)c(=O)c2=O)c1O. The molecule has 8 heteroatoms. The number of phenols is 1. The molecule has 0 unspecified atom stereocenters. The highest BCUT2D eigenvalue weighted by atomic mass is 35.5. The molecule has 152 valence electrons. The Labute approximate surface area is 174 Å². The van der Waals surface area contributed by atoms with Crippen molar-refractivity contribution in [3.8, 4) is 5.75 Å². The highest BCUT2D eigenvalue weighted by Crippen LogP contribution is 2.43. The van der Waals surface area contributed by atoms with Crippen LogP contribution in [0.5, 0.6) is 5.75 Å². The van der Waals surface area contributed by atoms with Gasteiger partial charge in [-0.15, -0.1) is 0 Å². The molecule has 1 aliphatic rings. The van der Waals surface area contributed by atoms with Gasteiger partial charge in [0.15, 0.2) is 5.75 Å². The third kappa shape index (κ3) is 4.02. The number of hydrogen-bond acceptors (Lipinski definition) is 7. The fourth-order valence-electron chi connectivity index (χ4n) is 3.75. The second kappa shape index (κ2) is 7.97. The van der Waals surface area contributed by atoms with E-state index in [4.69, 9.17) is 11.6 Å². The van der Waals surface area contributed by atoms with Gasteiger partial charge in [-0.2, -0.15) is 0 Å². The number of rotatable bonds is 7. The Morgan fingerprint density at radius 3 is 2.36 bits per heavy atom. The molecule has 0 saturated heterocycles. The quantitative estimate of drug-likeness (QED) is 0.347. The molecule has 0 atom stereocenters. The number of phenolic OH excluding ortho intramolecular Hbond substituents is 1. The molecule has 0 heterocycles. The Hall–Kier alpha value is -1.70. The highest BCUT2D eigenvalue weighted by Gasteiger charge is 2.35. The molecule has 2 aromatic rings. The smallest absolute Gasteiger partial charge is 0.253 e. The van der Waals surface area contributed by atoms with Crippen molar-refractivity contribution in [2.24, 2.45) is 5.92 Å². The van der Waals surface area contributed by atoms with Crippen molar-refractivity contribution in [1.29, 1.82) is 0 Å². The molecule has 0 spiro atoms. The number of nitrogens with one attached hydrogen (secondary N) is 2. The minimum Gasteiger partial charge on any atom is -0.505 e. The van der Waals surface area contributed by atoms with Gasteiger partial charge in [0.25, 0.3) is 10.9 Å². The Balaban J connectivity index is 1.88. The molecule has 3 rings (SSSR count). The first kappa shape index (κ1) is 21.0. The van der Waals surface area contributed by atoms with Gasteiger partial charge in [-0.05, 0) is 70.8 Å². The molecule has 1 fully saturated rings. The summed E-state index contributed by atoms with van der Waals surface area (Å²) < 4.78 is 1.80. The molecular formula is C20H26ClN3O3S. The van der Waals surface area contributed by atoms with E-state index in [1.165, 1.54) is 24.8 Å². The summed E-state index contributed by atoms with van der Waals surface area (Å²) in [5, 5.41) is 17.2. The van der Waals surface area contributed by atoms with Crippen LogP contribution in [0.25, 0.3) is 0 Å². The van der Waals surface area contributed by atoms with E-state index < -0.39 is 10.9 Å². The van der Waals surface area contributed by atoms with Gasteiger partial charge < -0.3 is 15.7 Å². The van der Waals surface area contributed by atoms with Crippen LogP contribution in [0.4, 0.5) is 17.1 Å². The number of aromatic hydroxyl groups is 1. The standard InChI is InChI=1S/C20H26ClN3O3S/c1-20(2,11-7-5-6-8-11)23-15-14(17(26)18(15)27)22-13-10-9-12(21)19(16(13)25)28-24(3)4/h9-11,22-23,25H,5-8H2,1-4H3. The zero-order valence-electron chi connectivity index (χ0n) is 16.6. The van der Waals surface area contributed by atoms with Crippen LogP contribution in [0.1, 0.15) is 39.5 Å². The molecule has 0 aromatic heterocycles. The zero-order valence-corrected chi connectivity index (χ0v) is 18.1. The van der Waals surface area contributed by atoms with Crippen LogP contribution in [-0.4, -0.2) is 29.0 Å². The predicted octanol–water partition coefficient (Wildman–Crippen LogP) is 4.33. The monoisotopic (exact) mass is 423 g/mol. The van der Waals surface area contributed by atoms with Crippen molar-refractivity contribution in [1.82, 2.24) is 4.31 Å². The lowest BCUT2D eigenvalue weighted by atomic mass is 9.85. The van der Waals surface area contributed by atoms with E-state index in [-0.39, 0.29) is 22.7 Å². The Morgan fingerprint density at radius 2 is 1.75 bits per heavy atom. The van der Waals surface area contributed by atoms with E-state index in [0.717, 1.165) is 12.8 Å². The number of benzene rings is 1. The van der Waals surface area contributed by atoms with Crippen LogP contribution < -0.4 is 21.5 Å². The summed E-state index contributed by atoms with van der Waals surface area (Å²) in [5.41, 5.74) is -0.579. The maximum Gasteiger partial charge on any atom is 0.253 e. The molecule has 0 amide bonds. The second-order valence-corrected chi connectivity index (χ2v) is 9.77. The van der Waals surface area contributed by atoms with Crippen LogP contribution in [-0.2, 0) is 0 Å². The van der Waals surface area contributed by atoms with Gasteiger partial charge in [0.05, 0.1) is 15.6 Å². The number of halogens is 1. The van der Waals surface area contributed by atoms with E-state index in [1.807, 2.05) is 14.1 Å². The van der Waals surface area contributed by atoms with Crippen molar-refractivity contribution in [3.63, 3.8) is 0 Å². The molecule has 1 aliphatic carbocycles. The molecule has 0 radical (unpaired) electrons. The lowest BCUT2D eigenvalue weighted by Crippen LogP contribution is -2.45. The molecule has 1 saturated carbocycles. The fraction of sp³-hybridized carbons (Fsp3) is 0.500. The number of hydrogen-bond donors (Lipinski definition) is 3. The van der Waals surface area contributed by atoms with Crippen LogP contribution in [0.3, 0.4) is 0 Å². The molecule has 0 aliphatic heterocycles. The Morgan fingerprint density at radius 1 is 1.14 bits per heavy atom. The summed E-state index contributed by atoms with van der Waals surface area (Å²) in [6.07, 6.45) is 4.61. The van der Waals surface area contributed by atoms with E-state index in [0.29, 0.717) is 21.5 Å². The van der Waals surface area contributed by atoms with Gasteiger partial charge in [0.2, 0.25) is 0 Å². The third-order valence-corrected chi connectivity index (χ3v) is 6.74. The largest absolute Gasteiger partial charge is 0.505 e. The van der Waals surface area contributed by atoms with Crippen LogP contribution in [0, 0.1) is 5.92 Å². The van der Waals surface area contributed by atoms with E-state index in [2.05, 4.69) is 24.5 Å². The average Bonchev–Trinajstić information content (AvgIpc) is 3.18. The summed E-state index contributed by atoms with van der Waals surface area (Å²) in [6, 6.07) is 3.25. The molecule has 2 aromatic carbocycles. The average molecular weight is 424 g/mol. The van der Waals surface area contributed by atoms with Gasteiger partial charge in [-0.3, -0.25) is 13.9 Å². The number of nitrogens with zero attached hydrogens (tertiary/aromatic N) is 1. The molecular weight excluding hydrogens is 398 g/mol. The van der Waals surface area contributed by atoms with Crippen LogP contribution >= 0.6 is 23.5 Å². The van der Waals surface area contributed by atoms with Gasteiger partial charge in [-0.25, -0.2) is 0 Å². The molecule has 6 nitrogen and oxygen atoms in total. The highest BCUT2D eigenvalue weighted by molar-refractivity contribution is 7.97. The van der Waals surface area contributed by atoms with Crippen molar-refractivity contribution >= 4 is 40.6 Å². The lowest BCUT2D eigenvalue weighted by molar-refractivity contribution is 0.356. The van der Waals surface area contributed by atoms with E-state index in [1.54, 1.807) is 16.4 Å². The van der Waals surface area contributed by atoms with E-state index in [9.17, 15) is 14.7 Å².